The van der Waals surface area contributed by atoms with Crippen molar-refractivity contribution >= 4 is 17.6 Å². The molecule has 0 bridgehead atoms. The molecule has 3 N–H and O–H groups in total. The van der Waals surface area contributed by atoms with E-state index in [-0.39, 0.29) is 6.61 Å². The number of hydrogen-bond acceptors (Lipinski definition) is 5. The number of nitrogens with one attached hydrogen (secondary N) is 1. The predicted octanol–water partition coefficient (Wildman–Crippen LogP) is 0.694. The fourth-order valence-corrected chi connectivity index (χ4v) is 1.63. The van der Waals surface area contributed by atoms with E-state index in [1.165, 1.54) is 14.2 Å². The number of nitrogens with two attached hydrogens (primary N) is 1. The van der Waals surface area contributed by atoms with Crippen LogP contribution >= 0.6 is 0 Å². The molecule has 0 heterocycles. The predicted molar refractivity (Wildman–Crippen MR) is 71.0 cm³/mol. The van der Waals surface area contributed by atoms with E-state index in [1.54, 1.807) is 25.1 Å². The lowest BCUT2D eigenvalue weighted by atomic mass is 10.1. The number of anilines is 1. The first kappa shape index (κ1) is 15.1. The quantitative estimate of drug-likeness (QED) is 0.765. The molecule has 0 aliphatic heterocycles. The largest absolute Gasteiger partial charge is 0.465 e. The molecule has 1 unspecified atom stereocenters. The molecule has 0 spiro atoms. The van der Waals surface area contributed by atoms with Crippen LogP contribution in [0.3, 0.4) is 0 Å². The minimum Gasteiger partial charge on any atom is -0.465 e. The average molecular weight is 266 g/mol. The molecule has 1 rings (SSSR count). The van der Waals surface area contributed by atoms with E-state index < -0.39 is 17.9 Å². The van der Waals surface area contributed by atoms with E-state index in [2.05, 4.69) is 5.32 Å². The lowest BCUT2D eigenvalue weighted by molar-refractivity contribution is -0.118. The Morgan fingerprint density at radius 2 is 2.05 bits per heavy atom. The second-order valence-corrected chi connectivity index (χ2v) is 4.04. The van der Waals surface area contributed by atoms with Crippen molar-refractivity contribution in [2.75, 3.05) is 26.1 Å². The molecule has 1 aromatic carbocycles. The van der Waals surface area contributed by atoms with E-state index in [0.717, 1.165) is 0 Å². The molecular formula is C13H18N2O4. The minimum absolute atomic E-state index is 0.102. The highest BCUT2D eigenvalue weighted by Gasteiger charge is 2.19. The number of hydrogen-bond donors (Lipinski definition) is 2. The number of carbonyl (C=O) groups is 2. The van der Waals surface area contributed by atoms with Gasteiger partial charge in [-0.3, -0.25) is 4.79 Å². The van der Waals surface area contributed by atoms with E-state index in [9.17, 15) is 9.59 Å². The van der Waals surface area contributed by atoms with Crippen molar-refractivity contribution in [1.29, 1.82) is 0 Å². The summed E-state index contributed by atoms with van der Waals surface area (Å²) in [5.41, 5.74) is 7.03. The lowest BCUT2D eigenvalue weighted by Crippen LogP contribution is -2.39. The van der Waals surface area contributed by atoms with Crippen LogP contribution in [0.15, 0.2) is 18.2 Å². The van der Waals surface area contributed by atoms with Crippen LogP contribution < -0.4 is 11.1 Å². The molecule has 0 fully saturated rings. The Labute approximate surface area is 111 Å². The zero-order chi connectivity index (χ0) is 14.4. The van der Waals surface area contributed by atoms with Crippen LogP contribution in [-0.4, -0.2) is 38.7 Å². The van der Waals surface area contributed by atoms with Gasteiger partial charge in [-0.05, 0) is 18.6 Å². The van der Waals surface area contributed by atoms with Gasteiger partial charge in [0.25, 0.3) is 0 Å². The summed E-state index contributed by atoms with van der Waals surface area (Å²) < 4.78 is 9.51. The molecule has 0 saturated carbocycles. The van der Waals surface area contributed by atoms with Crippen molar-refractivity contribution in [2.24, 2.45) is 5.73 Å². The maximum absolute atomic E-state index is 11.8. The van der Waals surface area contributed by atoms with Crippen LogP contribution in [0.5, 0.6) is 0 Å². The third-order valence-electron chi connectivity index (χ3n) is 2.60. The van der Waals surface area contributed by atoms with Crippen LogP contribution in [0.4, 0.5) is 5.69 Å². The molecule has 0 aromatic heterocycles. The Hall–Kier alpha value is -1.92. The molecular weight excluding hydrogens is 248 g/mol. The maximum atomic E-state index is 11.8. The van der Waals surface area contributed by atoms with Crippen molar-refractivity contribution in [1.82, 2.24) is 0 Å². The number of ether oxygens (including phenoxy) is 2. The Bertz CT molecular complexity index is 474. The van der Waals surface area contributed by atoms with Crippen molar-refractivity contribution in [3.05, 3.63) is 29.3 Å². The highest BCUT2D eigenvalue weighted by Crippen LogP contribution is 2.20. The third-order valence-corrected chi connectivity index (χ3v) is 2.60. The molecule has 0 aliphatic carbocycles. The topological polar surface area (TPSA) is 90.6 Å². The summed E-state index contributed by atoms with van der Waals surface area (Å²) in [4.78, 5) is 23.5. The highest BCUT2D eigenvalue weighted by atomic mass is 16.5. The molecule has 0 radical (unpaired) electrons. The summed E-state index contributed by atoms with van der Waals surface area (Å²) in [7, 11) is 2.75. The van der Waals surface area contributed by atoms with Crippen molar-refractivity contribution < 1.29 is 19.1 Å². The SMILES string of the molecule is COCC(N)C(=O)Nc1cccc(C)c1C(=O)OC. The van der Waals surface area contributed by atoms with Crippen molar-refractivity contribution in [2.45, 2.75) is 13.0 Å². The summed E-state index contributed by atoms with van der Waals surface area (Å²) in [5, 5.41) is 2.61. The number of methoxy groups -OCH3 is 2. The zero-order valence-electron chi connectivity index (χ0n) is 11.2. The Morgan fingerprint density at radius 3 is 2.63 bits per heavy atom. The molecule has 1 atom stereocenters. The van der Waals surface area contributed by atoms with Crippen LogP contribution in [0, 0.1) is 6.92 Å². The summed E-state index contributed by atoms with van der Waals surface area (Å²) in [5.74, 6) is -0.925. The standard InChI is InChI=1S/C13H18N2O4/c1-8-5-4-6-10(11(8)13(17)19-3)15-12(16)9(14)7-18-2/h4-6,9H,7,14H2,1-3H3,(H,15,16). The zero-order valence-corrected chi connectivity index (χ0v) is 11.2. The van der Waals surface area contributed by atoms with Crippen LogP contribution in [0.2, 0.25) is 0 Å². The van der Waals surface area contributed by atoms with E-state index >= 15 is 0 Å². The van der Waals surface area contributed by atoms with Gasteiger partial charge in [0.1, 0.15) is 6.04 Å². The molecule has 1 aromatic rings. The van der Waals surface area contributed by atoms with E-state index in [1.807, 2.05) is 0 Å². The smallest absolute Gasteiger partial charge is 0.340 e. The van der Waals surface area contributed by atoms with Crippen LogP contribution in [0.25, 0.3) is 0 Å². The average Bonchev–Trinajstić information content (AvgIpc) is 2.38. The fraction of sp³-hybridized carbons (Fsp3) is 0.385. The van der Waals surface area contributed by atoms with Gasteiger partial charge in [-0.1, -0.05) is 12.1 Å². The molecule has 0 saturated heterocycles. The van der Waals surface area contributed by atoms with Gasteiger partial charge in [0.2, 0.25) is 5.91 Å². The minimum atomic E-state index is -0.795. The summed E-state index contributed by atoms with van der Waals surface area (Å²) in [6, 6.07) is 4.32. The molecule has 1 amide bonds. The van der Waals surface area contributed by atoms with Crippen molar-refractivity contribution in [3.63, 3.8) is 0 Å². The highest BCUT2D eigenvalue weighted by molar-refractivity contribution is 6.03. The number of benzene rings is 1. The molecule has 0 aliphatic rings. The number of carbonyl (C=O) groups excluding carboxylic acids is 2. The van der Waals surface area contributed by atoms with Gasteiger partial charge in [-0.25, -0.2) is 4.79 Å². The Morgan fingerprint density at radius 1 is 1.37 bits per heavy atom. The summed E-state index contributed by atoms with van der Waals surface area (Å²) in [6.45, 7) is 1.86. The first-order chi connectivity index (χ1) is 9.01. The van der Waals surface area contributed by atoms with Crippen LogP contribution in [0.1, 0.15) is 15.9 Å². The normalized spacial score (nSPS) is 11.8. The number of aryl methyl sites for hydroxylation is 1. The fourth-order valence-electron chi connectivity index (χ4n) is 1.63. The van der Waals surface area contributed by atoms with E-state index in [0.29, 0.717) is 16.8 Å². The second kappa shape index (κ2) is 6.86. The van der Waals surface area contributed by atoms with Gasteiger partial charge in [-0.2, -0.15) is 0 Å². The second-order valence-electron chi connectivity index (χ2n) is 4.04. The van der Waals surface area contributed by atoms with Gasteiger partial charge < -0.3 is 20.5 Å². The maximum Gasteiger partial charge on any atom is 0.340 e. The Kier molecular flexibility index (Phi) is 5.47. The van der Waals surface area contributed by atoms with Crippen LogP contribution in [-0.2, 0) is 14.3 Å². The van der Waals surface area contributed by atoms with Gasteiger partial charge >= 0.3 is 5.97 Å². The van der Waals surface area contributed by atoms with Gasteiger partial charge in [0, 0.05) is 7.11 Å². The first-order valence-corrected chi connectivity index (χ1v) is 5.74. The molecule has 6 nitrogen and oxygen atoms in total. The molecule has 104 valence electrons. The third kappa shape index (κ3) is 3.77. The summed E-state index contributed by atoms with van der Waals surface area (Å²) in [6.07, 6.45) is 0. The summed E-state index contributed by atoms with van der Waals surface area (Å²) >= 11 is 0. The number of rotatable bonds is 5. The number of amides is 1. The number of esters is 1. The molecule has 6 heteroatoms. The van der Waals surface area contributed by atoms with Gasteiger partial charge in [0.15, 0.2) is 0 Å². The molecule has 19 heavy (non-hydrogen) atoms. The lowest BCUT2D eigenvalue weighted by Gasteiger charge is -2.14. The van der Waals surface area contributed by atoms with Gasteiger partial charge in [0.05, 0.1) is 25.0 Å². The monoisotopic (exact) mass is 266 g/mol. The van der Waals surface area contributed by atoms with Gasteiger partial charge in [-0.15, -0.1) is 0 Å². The van der Waals surface area contributed by atoms with Crippen molar-refractivity contribution in [3.8, 4) is 0 Å². The Balaban J connectivity index is 2.98. The first-order valence-electron chi connectivity index (χ1n) is 5.74. The van der Waals surface area contributed by atoms with E-state index in [4.69, 9.17) is 15.2 Å².